The Hall–Kier alpha value is -1.75. The highest BCUT2D eigenvalue weighted by atomic mass is 16.5. The average molecular weight is 238 g/mol. The number of hydrogen-bond acceptors (Lipinski definition) is 4. The lowest BCUT2D eigenvalue weighted by Crippen LogP contribution is -2.35. The standard InChI is InChI=1S/C12H18N2O3/c1-3-17-10-6-4-5-9(13)11(10)12(16)14-8(2)7-15/h4-6,8,15H,3,7,13H2,1-2H3,(H,14,16)/t8-/m1/s1. The Labute approximate surface area is 101 Å². The number of aliphatic hydroxyl groups excluding tert-OH is 1. The van der Waals surface area contributed by atoms with E-state index in [1.165, 1.54) is 0 Å². The molecule has 1 aromatic carbocycles. The number of carbonyl (C=O) groups excluding carboxylic acids is 1. The minimum absolute atomic E-state index is 0.123. The van der Waals surface area contributed by atoms with Gasteiger partial charge in [0.2, 0.25) is 0 Å². The lowest BCUT2D eigenvalue weighted by Gasteiger charge is -2.15. The maximum absolute atomic E-state index is 11.9. The van der Waals surface area contributed by atoms with Crippen LogP contribution in [-0.2, 0) is 0 Å². The zero-order valence-electron chi connectivity index (χ0n) is 10.1. The van der Waals surface area contributed by atoms with E-state index in [0.29, 0.717) is 23.6 Å². The lowest BCUT2D eigenvalue weighted by atomic mass is 10.1. The Morgan fingerprint density at radius 1 is 1.59 bits per heavy atom. The number of anilines is 1. The van der Waals surface area contributed by atoms with E-state index in [4.69, 9.17) is 15.6 Å². The van der Waals surface area contributed by atoms with Crippen molar-refractivity contribution in [3.8, 4) is 5.75 Å². The first-order valence-corrected chi connectivity index (χ1v) is 5.53. The molecule has 0 aliphatic rings. The molecule has 5 heteroatoms. The van der Waals surface area contributed by atoms with Gasteiger partial charge >= 0.3 is 0 Å². The molecule has 0 fully saturated rings. The number of aliphatic hydroxyl groups is 1. The molecule has 4 N–H and O–H groups in total. The Morgan fingerprint density at radius 3 is 2.88 bits per heavy atom. The summed E-state index contributed by atoms with van der Waals surface area (Å²) in [5.41, 5.74) is 6.44. The molecule has 0 spiro atoms. The third kappa shape index (κ3) is 3.35. The van der Waals surface area contributed by atoms with Crippen molar-refractivity contribution in [3.63, 3.8) is 0 Å². The summed E-state index contributed by atoms with van der Waals surface area (Å²) in [5, 5.41) is 11.5. The second-order valence-electron chi connectivity index (χ2n) is 3.71. The molecule has 0 radical (unpaired) electrons. The molecule has 1 atom stereocenters. The van der Waals surface area contributed by atoms with Crippen LogP contribution >= 0.6 is 0 Å². The summed E-state index contributed by atoms with van der Waals surface area (Å²) in [6, 6.07) is 4.74. The predicted molar refractivity (Wildman–Crippen MR) is 66.0 cm³/mol. The second kappa shape index (κ2) is 6.10. The fourth-order valence-corrected chi connectivity index (χ4v) is 1.41. The number of nitrogens with two attached hydrogens (primary N) is 1. The molecule has 0 saturated heterocycles. The molecule has 0 bridgehead atoms. The van der Waals surface area contributed by atoms with Crippen LogP contribution in [0.15, 0.2) is 18.2 Å². The summed E-state index contributed by atoms with van der Waals surface area (Å²) in [7, 11) is 0. The fourth-order valence-electron chi connectivity index (χ4n) is 1.41. The molecule has 1 aromatic rings. The molecule has 17 heavy (non-hydrogen) atoms. The molecular formula is C12H18N2O3. The first kappa shape index (κ1) is 13.3. The highest BCUT2D eigenvalue weighted by molar-refractivity contribution is 6.02. The number of hydrogen-bond donors (Lipinski definition) is 3. The van der Waals surface area contributed by atoms with Gasteiger partial charge < -0.3 is 20.9 Å². The highest BCUT2D eigenvalue weighted by Crippen LogP contribution is 2.24. The average Bonchev–Trinajstić information content (AvgIpc) is 2.29. The van der Waals surface area contributed by atoms with E-state index in [2.05, 4.69) is 5.32 Å². The lowest BCUT2D eigenvalue weighted by molar-refractivity contribution is 0.0919. The Bertz CT molecular complexity index is 393. The fraction of sp³-hybridized carbons (Fsp3) is 0.417. The van der Waals surface area contributed by atoms with Crippen molar-refractivity contribution < 1.29 is 14.6 Å². The summed E-state index contributed by atoms with van der Waals surface area (Å²) in [6.45, 7) is 3.88. The summed E-state index contributed by atoms with van der Waals surface area (Å²) in [6.07, 6.45) is 0. The van der Waals surface area contributed by atoms with E-state index in [9.17, 15) is 4.79 Å². The maximum atomic E-state index is 11.9. The molecular weight excluding hydrogens is 220 g/mol. The summed E-state index contributed by atoms with van der Waals surface area (Å²) in [4.78, 5) is 11.9. The summed E-state index contributed by atoms with van der Waals surface area (Å²) < 4.78 is 5.35. The van der Waals surface area contributed by atoms with Gasteiger partial charge in [-0.2, -0.15) is 0 Å². The predicted octanol–water partition coefficient (Wildman–Crippen LogP) is 0.778. The molecule has 1 rings (SSSR count). The second-order valence-corrected chi connectivity index (χ2v) is 3.71. The zero-order valence-corrected chi connectivity index (χ0v) is 10.1. The van der Waals surface area contributed by atoms with Gasteiger partial charge in [-0.3, -0.25) is 4.79 Å². The van der Waals surface area contributed by atoms with Crippen LogP contribution in [-0.4, -0.2) is 30.3 Å². The molecule has 0 aliphatic heterocycles. The number of amides is 1. The number of rotatable bonds is 5. The summed E-state index contributed by atoms with van der Waals surface area (Å²) in [5.74, 6) is 0.114. The van der Waals surface area contributed by atoms with Crippen molar-refractivity contribution in [1.82, 2.24) is 5.32 Å². The van der Waals surface area contributed by atoms with Gasteiger partial charge in [-0.1, -0.05) is 6.07 Å². The third-order valence-corrected chi connectivity index (χ3v) is 2.24. The Morgan fingerprint density at radius 2 is 2.29 bits per heavy atom. The van der Waals surface area contributed by atoms with Crippen LogP contribution in [0.3, 0.4) is 0 Å². The van der Waals surface area contributed by atoms with Gasteiger partial charge in [-0.05, 0) is 26.0 Å². The van der Waals surface area contributed by atoms with Gasteiger partial charge in [0.1, 0.15) is 11.3 Å². The van der Waals surface area contributed by atoms with E-state index in [1.54, 1.807) is 25.1 Å². The monoisotopic (exact) mass is 238 g/mol. The van der Waals surface area contributed by atoms with E-state index >= 15 is 0 Å². The van der Waals surface area contributed by atoms with Crippen molar-refractivity contribution in [2.24, 2.45) is 0 Å². The SMILES string of the molecule is CCOc1cccc(N)c1C(=O)N[C@H](C)CO. The normalized spacial score (nSPS) is 11.9. The first-order chi connectivity index (χ1) is 8.10. The van der Waals surface area contributed by atoms with Crippen LogP contribution in [0.25, 0.3) is 0 Å². The maximum Gasteiger partial charge on any atom is 0.257 e. The van der Waals surface area contributed by atoms with Gasteiger partial charge in [0.15, 0.2) is 0 Å². The zero-order chi connectivity index (χ0) is 12.8. The van der Waals surface area contributed by atoms with Crippen molar-refractivity contribution in [2.75, 3.05) is 18.9 Å². The van der Waals surface area contributed by atoms with E-state index in [-0.39, 0.29) is 18.6 Å². The van der Waals surface area contributed by atoms with Crippen LogP contribution in [0.2, 0.25) is 0 Å². The van der Waals surface area contributed by atoms with E-state index in [0.717, 1.165) is 0 Å². The number of carbonyl (C=O) groups is 1. The minimum atomic E-state index is -0.340. The van der Waals surface area contributed by atoms with Gasteiger partial charge in [0.05, 0.1) is 13.2 Å². The Kier molecular flexibility index (Phi) is 4.78. The number of ether oxygens (including phenoxy) is 1. The summed E-state index contributed by atoms with van der Waals surface area (Å²) >= 11 is 0. The largest absolute Gasteiger partial charge is 0.493 e. The van der Waals surface area contributed by atoms with Crippen molar-refractivity contribution >= 4 is 11.6 Å². The van der Waals surface area contributed by atoms with Crippen LogP contribution in [0.5, 0.6) is 5.75 Å². The van der Waals surface area contributed by atoms with Gasteiger partial charge in [0.25, 0.3) is 5.91 Å². The Balaban J connectivity index is 2.98. The topological polar surface area (TPSA) is 84.6 Å². The number of nitrogen functional groups attached to an aromatic ring is 1. The van der Waals surface area contributed by atoms with Crippen LogP contribution in [0, 0.1) is 0 Å². The van der Waals surface area contributed by atoms with E-state index in [1.807, 2.05) is 6.92 Å². The van der Waals surface area contributed by atoms with Crippen LogP contribution < -0.4 is 15.8 Å². The molecule has 0 saturated carbocycles. The van der Waals surface area contributed by atoms with Gasteiger partial charge in [-0.25, -0.2) is 0 Å². The quantitative estimate of drug-likeness (QED) is 0.662. The molecule has 1 amide bonds. The van der Waals surface area contributed by atoms with Crippen molar-refractivity contribution in [2.45, 2.75) is 19.9 Å². The first-order valence-electron chi connectivity index (χ1n) is 5.53. The van der Waals surface area contributed by atoms with Crippen LogP contribution in [0.1, 0.15) is 24.2 Å². The smallest absolute Gasteiger partial charge is 0.257 e. The van der Waals surface area contributed by atoms with Crippen molar-refractivity contribution in [3.05, 3.63) is 23.8 Å². The molecule has 0 heterocycles. The van der Waals surface area contributed by atoms with Gasteiger partial charge in [-0.15, -0.1) is 0 Å². The molecule has 0 aliphatic carbocycles. The molecule has 0 unspecified atom stereocenters. The van der Waals surface area contributed by atoms with Crippen LogP contribution in [0.4, 0.5) is 5.69 Å². The number of nitrogens with one attached hydrogen (secondary N) is 1. The molecule has 94 valence electrons. The molecule has 5 nitrogen and oxygen atoms in total. The van der Waals surface area contributed by atoms with Crippen molar-refractivity contribution in [1.29, 1.82) is 0 Å². The minimum Gasteiger partial charge on any atom is -0.493 e. The van der Waals surface area contributed by atoms with Gasteiger partial charge in [0, 0.05) is 11.7 Å². The highest BCUT2D eigenvalue weighted by Gasteiger charge is 2.17. The third-order valence-electron chi connectivity index (χ3n) is 2.24. The molecule has 0 aromatic heterocycles. The van der Waals surface area contributed by atoms with E-state index < -0.39 is 0 Å². The number of benzene rings is 1.